The number of rotatable bonds is 6. The van der Waals surface area contributed by atoms with Gasteiger partial charge in [0.2, 0.25) is 5.89 Å². The van der Waals surface area contributed by atoms with Crippen LogP contribution < -0.4 is 5.73 Å². The number of nitrogens with zero attached hydrogens (tertiary/aromatic N) is 2. The average molecular weight is 213 g/mol. The van der Waals surface area contributed by atoms with Crippen LogP contribution >= 0.6 is 0 Å². The van der Waals surface area contributed by atoms with Crippen molar-refractivity contribution in [2.75, 3.05) is 13.7 Å². The summed E-state index contributed by atoms with van der Waals surface area (Å²) in [5.41, 5.74) is 5.75. The fourth-order valence-electron chi connectivity index (χ4n) is 1.15. The van der Waals surface area contributed by atoms with Crippen LogP contribution in [0.5, 0.6) is 0 Å². The highest BCUT2D eigenvalue weighted by molar-refractivity contribution is 4.95. The second-order valence-electron chi connectivity index (χ2n) is 3.79. The van der Waals surface area contributed by atoms with Crippen molar-refractivity contribution >= 4 is 0 Å². The minimum absolute atomic E-state index is 0.0253. The molecule has 0 fully saturated rings. The maximum Gasteiger partial charge on any atom is 0.231 e. The van der Waals surface area contributed by atoms with E-state index < -0.39 is 0 Å². The van der Waals surface area contributed by atoms with Gasteiger partial charge in [-0.15, -0.1) is 0 Å². The zero-order valence-electron chi connectivity index (χ0n) is 9.56. The van der Waals surface area contributed by atoms with E-state index in [2.05, 4.69) is 10.1 Å². The third kappa shape index (κ3) is 3.60. The predicted molar refractivity (Wildman–Crippen MR) is 56.6 cm³/mol. The number of hydrogen-bond acceptors (Lipinski definition) is 5. The van der Waals surface area contributed by atoms with E-state index in [1.54, 1.807) is 7.11 Å². The largest absolute Gasteiger partial charge is 0.385 e. The first-order valence-corrected chi connectivity index (χ1v) is 5.22. The number of methoxy groups -OCH3 is 1. The van der Waals surface area contributed by atoms with Gasteiger partial charge in [0.15, 0.2) is 5.82 Å². The van der Waals surface area contributed by atoms with Crippen molar-refractivity contribution in [3.63, 3.8) is 0 Å². The lowest BCUT2D eigenvalue weighted by molar-refractivity contribution is 0.194. The number of ether oxygens (including phenoxy) is 1. The van der Waals surface area contributed by atoms with Crippen molar-refractivity contribution in [2.45, 2.75) is 38.6 Å². The normalized spacial score (nSPS) is 15.2. The summed E-state index contributed by atoms with van der Waals surface area (Å²) >= 11 is 0. The lowest BCUT2D eigenvalue weighted by atomic mass is 10.1. The van der Waals surface area contributed by atoms with E-state index >= 15 is 0 Å². The number of hydrogen-bond donors (Lipinski definition) is 1. The van der Waals surface area contributed by atoms with Crippen molar-refractivity contribution < 1.29 is 9.26 Å². The molecule has 0 spiro atoms. The Kier molecular flexibility index (Phi) is 4.71. The standard InChI is InChI=1S/C10H19N3O2/c1-7(8(2)11)10-12-9(13-15-10)5-4-6-14-3/h7-8H,4-6,11H2,1-3H3. The van der Waals surface area contributed by atoms with Crippen LogP contribution in [0, 0.1) is 0 Å². The van der Waals surface area contributed by atoms with Gasteiger partial charge in [-0.3, -0.25) is 0 Å². The molecular weight excluding hydrogens is 194 g/mol. The van der Waals surface area contributed by atoms with Crippen molar-refractivity contribution in [1.82, 2.24) is 10.1 Å². The van der Waals surface area contributed by atoms with Gasteiger partial charge in [-0.05, 0) is 13.3 Å². The van der Waals surface area contributed by atoms with E-state index in [-0.39, 0.29) is 12.0 Å². The Morgan fingerprint density at radius 1 is 1.47 bits per heavy atom. The van der Waals surface area contributed by atoms with Crippen molar-refractivity contribution in [1.29, 1.82) is 0 Å². The van der Waals surface area contributed by atoms with Gasteiger partial charge in [-0.25, -0.2) is 0 Å². The second-order valence-corrected chi connectivity index (χ2v) is 3.79. The molecule has 2 N–H and O–H groups in total. The molecule has 5 heteroatoms. The first kappa shape index (κ1) is 12.1. The van der Waals surface area contributed by atoms with Gasteiger partial charge in [0.25, 0.3) is 0 Å². The zero-order chi connectivity index (χ0) is 11.3. The highest BCUT2D eigenvalue weighted by Gasteiger charge is 2.17. The summed E-state index contributed by atoms with van der Waals surface area (Å²) in [7, 11) is 1.68. The Balaban J connectivity index is 2.48. The predicted octanol–water partition coefficient (Wildman–Crippen LogP) is 1.10. The summed E-state index contributed by atoms with van der Waals surface area (Å²) in [6.07, 6.45) is 1.69. The van der Waals surface area contributed by atoms with Crippen LogP contribution in [0.1, 0.15) is 37.9 Å². The molecule has 1 rings (SSSR count). The molecule has 1 aromatic heterocycles. The molecule has 2 unspecified atom stereocenters. The van der Waals surface area contributed by atoms with Crippen molar-refractivity contribution in [2.24, 2.45) is 5.73 Å². The molecule has 5 nitrogen and oxygen atoms in total. The lowest BCUT2D eigenvalue weighted by Gasteiger charge is -2.09. The molecule has 0 bridgehead atoms. The highest BCUT2D eigenvalue weighted by atomic mass is 16.5. The first-order valence-electron chi connectivity index (χ1n) is 5.22. The molecule has 1 heterocycles. The molecule has 0 aliphatic heterocycles. The Hall–Kier alpha value is -0.940. The van der Waals surface area contributed by atoms with Crippen LogP contribution in [-0.2, 0) is 11.2 Å². The fourth-order valence-corrected chi connectivity index (χ4v) is 1.15. The monoisotopic (exact) mass is 213 g/mol. The molecule has 2 atom stereocenters. The number of nitrogens with two attached hydrogens (primary N) is 1. The Bertz CT molecular complexity index is 286. The smallest absolute Gasteiger partial charge is 0.231 e. The minimum atomic E-state index is 0.0253. The number of aryl methyl sites for hydroxylation is 1. The third-order valence-electron chi connectivity index (χ3n) is 2.41. The van der Waals surface area contributed by atoms with Crippen LogP contribution in [0.2, 0.25) is 0 Å². The summed E-state index contributed by atoms with van der Waals surface area (Å²) in [5.74, 6) is 1.46. The number of aromatic nitrogens is 2. The lowest BCUT2D eigenvalue weighted by Crippen LogP contribution is -2.22. The average Bonchev–Trinajstić information content (AvgIpc) is 2.65. The SMILES string of the molecule is COCCCc1noc(C(C)C(C)N)n1. The molecule has 0 aromatic carbocycles. The van der Waals surface area contributed by atoms with Gasteiger partial charge in [0.05, 0.1) is 5.92 Å². The van der Waals surface area contributed by atoms with Crippen molar-refractivity contribution in [3.8, 4) is 0 Å². The molecule has 15 heavy (non-hydrogen) atoms. The Morgan fingerprint density at radius 3 is 2.80 bits per heavy atom. The summed E-state index contributed by atoms with van der Waals surface area (Å²) in [4.78, 5) is 4.29. The molecular formula is C10H19N3O2. The summed E-state index contributed by atoms with van der Waals surface area (Å²) in [6.45, 7) is 4.63. The van der Waals surface area contributed by atoms with E-state index in [0.29, 0.717) is 12.5 Å². The van der Waals surface area contributed by atoms with E-state index in [0.717, 1.165) is 18.7 Å². The van der Waals surface area contributed by atoms with Crippen LogP contribution in [0.25, 0.3) is 0 Å². The van der Waals surface area contributed by atoms with Crippen LogP contribution in [0.3, 0.4) is 0 Å². The van der Waals surface area contributed by atoms with Gasteiger partial charge in [0, 0.05) is 26.2 Å². The summed E-state index contributed by atoms with van der Waals surface area (Å²) in [6, 6.07) is 0.0253. The molecule has 0 aliphatic rings. The molecule has 0 saturated carbocycles. The summed E-state index contributed by atoms with van der Waals surface area (Å²) in [5, 5.41) is 3.89. The van der Waals surface area contributed by atoms with Crippen LogP contribution in [0.15, 0.2) is 4.52 Å². The third-order valence-corrected chi connectivity index (χ3v) is 2.41. The maximum absolute atomic E-state index is 5.75. The first-order chi connectivity index (χ1) is 7.15. The van der Waals surface area contributed by atoms with E-state index in [1.807, 2.05) is 13.8 Å². The van der Waals surface area contributed by atoms with Crippen molar-refractivity contribution in [3.05, 3.63) is 11.7 Å². The molecule has 0 radical (unpaired) electrons. The zero-order valence-corrected chi connectivity index (χ0v) is 9.56. The van der Waals surface area contributed by atoms with Gasteiger partial charge in [-0.1, -0.05) is 12.1 Å². The quantitative estimate of drug-likeness (QED) is 0.716. The Morgan fingerprint density at radius 2 is 2.20 bits per heavy atom. The molecule has 1 aromatic rings. The van der Waals surface area contributed by atoms with E-state index in [9.17, 15) is 0 Å². The maximum atomic E-state index is 5.75. The van der Waals surface area contributed by atoms with E-state index in [4.69, 9.17) is 15.0 Å². The van der Waals surface area contributed by atoms with Gasteiger partial charge in [0.1, 0.15) is 0 Å². The minimum Gasteiger partial charge on any atom is -0.385 e. The molecule has 0 saturated heterocycles. The highest BCUT2D eigenvalue weighted by Crippen LogP contribution is 2.15. The summed E-state index contributed by atoms with van der Waals surface area (Å²) < 4.78 is 10.1. The van der Waals surface area contributed by atoms with Crippen LogP contribution in [0.4, 0.5) is 0 Å². The van der Waals surface area contributed by atoms with Crippen LogP contribution in [-0.4, -0.2) is 29.9 Å². The van der Waals surface area contributed by atoms with E-state index in [1.165, 1.54) is 0 Å². The topological polar surface area (TPSA) is 74.2 Å². The second kappa shape index (κ2) is 5.82. The van der Waals surface area contributed by atoms with Gasteiger partial charge >= 0.3 is 0 Å². The Labute approximate surface area is 90.0 Å². The molecule has 86 valence electrons. The van der Waals surface area contributed by atoms with Gasteiger partial charge in [-0.2, -0.15) is 4.98 Å². The molecule has 0 aliphatic carbocycles. The fraction of sp³-hybridized carbons (Fsp3) is 0.800. The molecule has 0 amide bonds. The van der Waals surface area contributed by atoms with Gasteiger partial charge < -0.3 is 15.0 Å².